The molecule has 0 rings (SSSR count). The van der Waals surface area contributed by atoms with Gasteiger partial charge in [-0.15, -0.1) is 12.6 Å². The zero-order valence-corrected chi connectivity index (χ0v) is 32.0. The Morgan fingerprint density at radius 2 is 1.03 bits per heavy atom. The lowest BCUT2D eigenvalue weighted by Crippen LogP contribution is -2.69. The molecule has 0 radical (unpaired) electrons. The second-order valence-corrected chi connectivity index (χ2v) is 28.0. The lowest BCUT2D eigenvalue weighted by molar-refractivity contribution is -0.0249. The van der Waals surface area contributed by atoms with Gasteiger partial charge >= 0.3 is 17.4 Å². The average Bonchev–Trinajstić information content (AvgIpc) is 2.85. The molecule has 224 valence electrons. The maximum atomic E-state index is 7.40. The van der Waals surface area contributed by atoms with Crippen LogP contribution in [0.3, 0.4) is 0 Å². The zero-order valence-electron chi connectivity index (χ0n) is 27.1. The van der Waals surface area contributed by atoms with Gasteiger partial charge in [-0.2, -0.15) is 0 Å². The minimum Gasteiger partial charge on any atom is -0.409 e. The van der Waals surface area contributed by atoms with Gasteiger partial charge in [0.25, 0.3) is 0 Å². The van der Waals surface area contributed by atoms with Gasteiger partial charge in [0.2, 0.25) is 8.32 Å². The molecule has 0 spiro atoms. The van der Waals surface area contributed by atoms with Gasteiger partial charge in [-0.25, -0.2) is 0 Å². The van der Waals surface area contributed by atoms with Crippen molar-refractivity contribution in [3.05, 3.63) is 0 Å². The van der Waals surface area contributed by atoms with Gasteiger partial charge in [0, 0.05) is 40.0 Å². The van der Waals surface area contributed by atoms with Crippen molar-refractivity contribution in [3.8, 4) is 0 Å². The summed E-state index contributed by atoms with van der Waals surface area (Å²) in [5, 5.41) is -0.761. The fraction of sp³-hybridized carbons (Fsp3) is 1.00. The van der Waals surface area contributed by atoms with Crippen molar-refractivity contribution in [1.29, 1.82) is 0 Å². The highest BCUT2D eigenvalue weighted by molar-refractivity contribution is 7.84. The van der Waals surface area contributed by atoms with Crippen molar-refractivity contribution in [2.75, 3.05) is 28.4 Å². The summed E-state index contributed by atoms with van der Waals surface area (Å²) in [6.07, 6.45) is 3.22. The maximum absolute atomic E-state index is 7.40. The highest BCUT2D eigenvalue weighted by Gasteiger charge is 2.63. The summed E-state index contributed by atoms with van der Waals surface area (Å²) in [5.41, 5.74) is -0.467. The van der Waals surface area contributed by atoms with Crippen LogP contribution < -0.4 is 0 Å². The van der Waals surface area contributed by atoms with Crippen LogP contribution in [0.4, 0.5) is 0 Å². The van der Waals surface area contributed by atoms with Crippen molar-refractivity contribution in [2.45, 2.75) is 134 Å². The Kier molecular flexibility index (Phi) is 13.6. The fourth-order valence-electron chi connectivity index (χ4n) is 5.30. The van der Waals surface area contributed by atoms with Crippen LogP contribution in [0.25, 0.3) is 0 Å². The van der Waals surface area contributed by atoms with E-state index in [9.17, 15) is 0 Å². The Hall–Kier alpha value is 0.938. The van der Waals surface area contributed by atoms with Gasteiger partial charge in [0.1, 0.15) is 4.56 Å². The number of hydrogen-bond acceptors (Lipinski definition) is 8. The van der Waals surface area contributed by atoms with E-state index in [1.165, 1.54) is 0 Å². The summed E-state index contributed by atoms with van der Waals surface area (Å²) in [6, 6.07) is 0. The van der Waals surface area contributed by atoms with E-state index in [2.05, 4.69) is 74.7 Å². The first-order valence-electron chi connectivity index (χ1n) is 13.6. The third-order valence-corrected chi connectivity index (χ3v) is 26.2. The number of rotatable bonds is 18. The lowest BCUT2D eigenvalue weighted by atomic mass is 9.85. The summed E-state index contributed by atoms with van der Waals surface area (Å²) in [4.78, 5) is 0. The van der Waals surface area contributed by atoms with E-state index in [0.717, 1.165) is 19.3 Å². The molecule has 0 aliphatic heterocycles. The third-order valence-electron chi connectivity index (χ3n) is 9.85. The fourth-order valence-corrected chi connectivity index (χ4v) is 18.6. The molecule has 0 heterocycles. The Bertz CT molecular complexity index is 723. The van der Waals surface area contributed by atoms with E-state index >= 15 is 0 Å². The van der Waals surface area contributed by atoms with Crippen molar-refractivity contribution in [1.82, 2.24) is 0 Å². The predicted octanol–water partition coefficient (Wildman–Crippen LogP) is 7.29. The van der Waals surface area contributed by atoms with E-state index in [1.807, 2.05) is 13.1 Å². The molecule has 0 aliphatic rings. The summed E-state index contributed by atoms with van der Waals surface area (Å²) >= 11 is 5.11. The van der Waals surface area contributed by atoms with Gasteiger partial charge in [-0.1, -0.05) is 34.6 Å². The van der Waals surface area contributed by atoms with Gasteiger partial charge in [-0.3, -0.25) is 0 Å². The van der Waals surface area contributed by atoms with Crippen LogP contribution in [-0.2, 0) is 31.0 Å². The molecule has 4 atom stereocenters. The van der Waals surface area contributed by atoms with Crippen LogP contribution in [0.5, 0.6) is 0 Å². The molecule has 0 aromatic carbocycles. The van der Waals surface area contributed by atoms with Crippen LogP contribution in [0, 0.1) is 0 Å². The Morgan fingerprint density at radius 1 is 0.568 bits per heavy atom. The Labute approximate surface area is 239 Å². The molecule has 0 N–H and O–H groups in total. The molecular formula is C25H60O7SSi4. The molecule has 37 heavy (non-hydrogen) atoms. The van der Waals surface area contributed by atoms with E-state index in [-0.39, 0.29) is 5.04 Å². The third kappa shape index (κ3) is 7.24. The highest BCUT2D eigenvalue weighted by atomic mass is 32.1. The molecule has 0 saturated carbocycles. The van der Waals surface area contributed by atoms with Crippen molar-refractivity contribution in [3.63, 3.8) is 0 Å². The molecule has 0 saturated heterocycles. The second kappa shape index (κ2) is 13.3. The smallest absolute Gasteiger partial charge is 0.409 e. The lowest BCUT2D eigenvalue weighted by Gasteiger charge is -2.59. The van der Waals surface area contributed by atoms with E-state index in [0.29, 0.717) is 6.42 Å². The SMILES string of the molecule is CCC(C)(O[Si](C)(C)[C@](C)(CC)O[Si](C)(OC)OC)C(C)(CC)[Si](C)(C)OC(S)(CC)[Si](C)(OC)OC. The van der Waals surface area contributed by atoms with E-state index in [4.69, 9.17) is 43.6 Å². The predicted molar refractivity (Wildman–Crippen MR) is 168 cm³/mol. The topological polar surface area (TPSA) is 64.6 Å². The highest BCUT2D eigenvalue weighted by Crippen LogP contribution is 2.57. The monoisotopic (exact) mass is 616 g/mol. The molecular weight excluding hydrogens is 557 g/mol. The van der Waals surface area contributed by atoms with Gasteiger partial charge in [-0.05, 0) is 72.3 Å². The summed E-state index contributed by atoms with van der Waals surface area (Å²) in [5.74, 6) is 0. The van der Waals surface area contributed by atoms with Crippen LogP contribution in [-0.4, -0.2) is 77.8 Å². The molecule has 0 aromatic rings. The van der Waals surface area contributed by atoms with Crippen molar-refractivity contribution >= 4 is 46.6 Å². The number of thiol groups is 1. The second-order valence-electron chi connectivity index (χ2n) is 11.9. The van der Waals surface area contributed by atoms with E-state index < -0.39 is 49.4 Å². The molecule has 0 aromatic heterocycles. The average molecular weight is 617 g/mol. The molecule has 0 amide bonds. The standard InChI is InChI=1S/C25H60O7SSi4/c1-18-22(5,30-35(14,15)24(7,20-3)31-37(17,28-10)29-11)23(6,19-2)34(12,13)32-25(33,21-4)36(16,26-8)27-9/h33H,18-21H2,1-17H3/t22?,23?,24-,25?/m1/s1. The Balaban J connectivity index is 6.69. The molecule has 0 aliphatic carbocycles. The summed E-state index contributed by atoms with van der Waals surface area (Å²) in [6.45, 7) is 28.5. The first-order valence-corrected chi connectivity index (χ1v) is 24.4. The Morgan fingerprint density at radius 3 is 1.32 bits per heavy atom. The first-order chi connectivity index (χ1) is 16.6. The largest absolute Gasteiger partial charge is 0.497 e. The molecule has 0 fully saturated rings. The molecule has 3 unspecified atom stereocenters. The van der Waals surface area contributed by atoms with Crippen molar-refractivity contribution in [2.24, 2.45) is 0 Å². The first kappa shape index (κ1) is 37.9. The minimum absolute atomic E-state index is 0.253. The van der Waals surface area contributed by atoms with Gasteiger partial charge in [0.05, 0.1) is 10.8 Å². The van der Waals surface area contributed by atoms with Gasteiger partial charge < -0.3 is 31.0 Å². The van der Waals surface area contributed by atoms with Crippen LogP contribution >= 0.6 is 12.6 Å². The summed E-state index contributed by atoms with van der Waals surface area (Å²) < 4.78 is 43.8. The van der Waals surface area contributed by atoms with Crippen LogP contribution in [0.2, 0.25) is 44.3 Å². The van der Waals surface area contributed by atoms with Gasteiger partial charge in [0.15, 0.2) is 8.32 Å². The maximum Gasteiger partial charge on any atom is 0.497 e. The number of hydrogen-bond donors (Lipinski definition) is 1. The van der Waals surface area contributed by atoms with Crippen molar-refractivity contribution < 1.29 is 31.0 Å². The van der Waals surface area contributed by atoms with E-state index in [1.54, 1.807) is 28.4 Å². The summed E-state index contributed by atoms with van der Waals surface area (Å²) in [7, 11) is -3.87. The minimum atomic E-state index is -2.80. The quantitative estimate of drug-likeness (QED) is 0.0985. The van der Waals surface area contributed by atoms with Crippen LogP contribution in [0.15, 0.2) is 0 Å². The zero-order chi connectivity index (χ0) is 29.8. The normalized spacial score (nSPS) is 20.6. The molecule has 0 bridgehead atoms. The molecule has 12 heteroatoms. The molecule has 7 nitrogen and oxygen atoms in total. The van der Waals surface area contributed by atoms with Crippen LogP contribution in [0.1, 0.15) is 74.1 Å².